The number of nitriles is 1. The molecule has 4 nitrogen and oxygen atoms in total. The number of morpholine rings is 1. The Labute approximate surface area is 149 Å². The zero-order chi connectivity index (χ0) is 16.8. The lowest BCUT2D eigenvalue weighted by molar-refractivity contribution is -0.0318. The maximum atomic E-state index is 9.54. The Morgan fingerprint density at radius 2 is 2.12 bits per heavy atom. The SMILES string of the molecule is N#CC1(CCCN2CCO[C@H](c3cccc(Cl)c3)C2)CCOCC1. The van der Waals surface area contributed by atoms with Crippen LogP contribution in [0.3, 0.4) is 0 Å². The average Bonchev–Trinajstić information content (AvgIpc) is 2.63. The largest absolute Gasteiger partial charge is 0.381 e. The van der Waals surface area contributed by atoms with Gasteiger partial charge in [-0.15, -0.1) is 0 Å². The number of hydrogen-bond donors (Lipinski definition) is 0. The van der Waals surface area contributed by atoms with Crippen molar-refractivity contribution in [2.75, 3.05) is 39.5 Å². The van der Waals surface area contributed by atoms with E-state index in [4.69, 9.17) is 21.1 Å². The molecular formula is C19H25ClN2O2. The molecule has 0 unspecified atom stereocenters. The van der Waals surface area contributed by atoms with E-state index in [0.29, 0.717) is 0 Å². The monoisotopic (exact) mass is 348 g/mol. The molecule has 0 radical (unpaired) electrons. The third-order valence-electron chi connectivity index (χ3n) is 5.19. The van der Waals surface area contributed by atoms with E-state index in [-0.39, 0.29) is 11.5 Å². The Balaban J connectivity index is 1.50. The van der Waals surface area contributed by atoms with Crippen LogP contribution in [-0.2, 0) is 9.47 Å². The van der Waals surface area contributed by atoms with E-state index in [0.717, 1.165) is 75.7 Å². The number of halogens is 1. The van der Waals surface area contributed by atoms with Crippen LogP contribution in [-0.4, -0.2) is 44.4 Å². The third-order valence-corrected chi connectivity index (χ3v) is 5.42. The summed E-state index contributed by atoms with van der Waals surface area (Å²) < 4.78 is 11.3. The highest BCUT2D eigenvalue weighted by molar-refractivity contribution is 6.30. The molecule has 130 valence electrons. The van der Waals surface area contributed by atoms with Gasteiger partial charge in [-0.25, -0.2) is 0 Å². The third kappa shape index (κ3) is 4.49. The van der Waals surface area contributed by atoms with Crippen molar-refractivity contribution in [3.05, 3.63) is 34.9 Å². The van der Waals surface area contributed by atoms with Crippen molar-refractivity contribution in [3.8, 4) is 6.07 Å². The first-order chi connectivity index (χ1) is 11.7. The van der Waals surface area contributed by atoms with Gasteiger partial charge < -0.3 is 9.47 Å². The quantitative estimate of drug-likeness (QED) is 0.811. The number of benzene rings is 1. The molecule has 5 heteroatoms. The molecule has 2 fully saturated rings. The Morgan fingerprint density at radius 1 is 1.29 bits per heavy atom. The van der Waals surface area contributed by atoms with E-state index < -0.39 is 0 Å². The van der Waals surface area contributed by atoms with Crippen LogP contribution < -0.4 is 0 Å². The van der Waals surface area contributed by atoms with Crippen LogP contribution in [0.1, 0.15) is 37.4 Å². The molecule has 0 saturated carbocycles. The van der Waals surface area contributed by atoms with Crippen LogP contribution in [0.2, 0.25) is 5.02 Å². The highest BCUT2D eigenvalue weighted by atomic mass is 35.5. The summed E-state index contributed by atoms with van der Waals surface area (Å²) in [5.74, 6) is 0. The normalized spacial score (nSPS) is 24.4. The van der Waals surface area contributed by atoms with Crippen molar-refractivity contribution in [1.82, 2.24) is 4.90 Å². The van der Waals surface area contributed by atoms with Crippen LogP contribution in [0.25, 0.3) is 0 Å². The summed E-state index contributed by atoms with van der Waals surface area (Å²) >= 11 is 6.09. The molecule has 0 spiro atoms. The smallest absolute Gasteiger partial charge is 0.0952 e. The van der Waals surface area contributed by atoms with Gasteiger partial charge in [0, 0.05) is 31.3 Å². The average molecular weight is 349 g/mol. The number of hydrogen-bond acceptors (Lipinski definition) is 4. The minimum atomic E-state index is -0.170. The van der Waals surface area contributed by atoms with Crippen molar-refractivity contribution < 1.29 is 9.47 Å². The molecule has 0 aliphatic carbocycles. The predicted octanol–water partition coefficient (Wildman–Crippen LogP) is 3.81. The fourth-order valence-electron chi connectivity index (χ4n) is 3.64. The summed E-state index contributed by atoms with van der Waals surface area (Å²) in [6, 6.07) is 10.5. The molecule has 2 aliphatic heterocycles. The van der Waals surface area contributed by atoms with Crippen LogP contribution >= 0.6 is 11.6 Å². The fourth-order valence-corrected chi connectivity index (χ4v) is 3.83. The van der Waals surface area contributed by atoms with Gasteiger partial charge in [0.2, 0.25) is 0 Å². The lowest BCUT2D eigenvalue weighted by Gasteiger charge is -2.35. The summed E-state index contributed by atoms with van der Waals surface area (Å²) in [6.45, 7) is 5.06. The van der Waals surface area contributed by atoms with Crippen molar-refractivity contribution in [2.24, 2.45) is 5.41 Å². The van der Waals surface area contributed by atoms with E-state index in [1.807, 2.05) is 18.2 Å². The van der Waals surface area contributed by atoms with Gasteiger partial charge in [-0.1, -0.05) is 23.7 Å². The number of nitrogens with zero attached hydrogens (tertiary/aromatic N) is 2. The van der Waals surface area contributed by atoms with Crippen LogP contribution in [0.4, 0.5) is 0 Å². The van der Waals surface area contributed by atoms with Gasteiger partial charge >= 0.3 is 0 Å². The first-order valence-corrected chi connectivity index (χ1v) is 9.17. The van der Waals surface area contributed by atoms with E-state index >= 15 is 0 Å². The van der Waals surface area contributed by atoms with E-state index in [1.54, 1.807) is 0 Å². The van der Waals surface area contributed by atoms with E-state index in [2.05, 4.69) is 17.0 Å². The first kappa shape index (κ1) is 17.7. The number of rotatable bonds is 5. The zero-order valence-corrected chi connectivity index (χ0v) is 14.8. The topological polar surface area (TPSA) is 45.5 Å². The Kier molecular flexibility index (Phi) is 6.13. The summed E-state index contributed by atoms with van der Waals surface area (Å²) in [4.78, 5) is 2.44. The van der Waals surface area contributed by atoms with Crippen molar-refractivity contribution in [1.29, 1.82) is 5.26 Å². The summed E-state index contributed by atoms with van der Waals surface area (Å²) in [6.07, 6.45) is 3.85. The minimum Gasteiger partial charge on any atom is -0.381 e. The molecule has 1 atom stereocenters. The lowest BCUT2D eigenvalue weighted by Crippen LogP contribution is -2.39. The van der Waals surface area contributed by atoms with Gasteiger partial charge in [-0.3, -0.25) is 4.90 Å². The van der Waals surface area contributed by atoms with E-state index in [9.17, 15) is 5.26 Å². The molecule has 2 saturated heterocycles. The lowest BCUT2D eigenvalue weighted by atomic mass is 9.78. The first-order valence-electron chi connectivity index (χ1n) is 8.79. The molecule has 24 heavy (non-hydrogen) atoms. The maximum absolute atomic E-state index is 9.54. The maximum Gasteiger partial charge on any atom is 0.0952 e. The molecule has 1 aromatic carbocycles. The number of ether oxygens (including phenoxy) is 2. The molecule has 2 heterocycles. The molecule has 0 aromatic heterocycles. The standard InChI is InChI=1S/C19H25ClN2O2/c20-17-4-1-3-16(13-17)18-14-22(9-12-24-18)8-2-5-19(15-21)6-10-23-11-7-19/h1,3-4,13,18H,2,5-12,14H2/t18-/m0/s1. The second-order valence-electron chi connectivity index (χ2n) is 6.82. The molecule has 0 bridgehead atoms. The fraction of sp³-hybridized carbons (Fsp3) is 0.632. The van der Waals surface area contributed by atoms with Crippen LogP contribution in [0, 0.1) is 16.7 Å². The molecule has 3 rings (SSSR count). The summed E-state index contributed by atoms with van der Waals surface area (Å²) in [7, 11) is 0. The second kappa shape index (κ2) is 8.31. The van der Waals surface area contributed by atoms with Crippen LogP contribution in [0.5, 0.6) is 0 Å². The predicted molar refractivity (Wildman–Crippen MR) is 93.9 cm³/mol. The highest BCUT2D eigenvalue weighted by Crippen LogP contribution is 2.35. The molecule has 1 aromatic rings. The van der Waals surface area contributed by atoms with Gasteiger partial charge in [0.05, 0.1) is 24.2 Å². The van der Waals surface area contributed by atoms with Crippen molar-refractivity contribution in [2.45, 2.75) is 31.8 Å². The van der Waals surface area contributed by atoms with Crippen molar-refractivity contribution in [3.63, 3.8) is 0 Å². The highest BCUT2D eigenvalue weighted by Gasteiger charge is 2.32. The Hall–Kier alpha value is -1.12. The Bertz CT molecular complexity index is 581. The second-order valence-corrected chi connectivity index (χ2v) is 7.26. The molecule has 0 amide bonds. The molecule has 0 N–H and O–H groups in total. The van der Waals surface area contributed by atoms with Gasteiger partial charge in [0.15, 0.2) is 0 Å². The van der Waals surface area contributed by atoms with Gasteiger partial charge in [-0.05, 0) is 49.9 Å². The minimum absolute atomic E-state index is 0.0884. The van der Waals surface area contributed by atoms with Crippen LogP contribution in [0.15, 0.2) is 24.3 Å². The van der Waals surface area contributed by atoms with Gasteiger partial charge in [0.1, 0.15) is 0 Å². The van der Waals surface area contributed by atoms with Gasteiger partial charge in [0.25, 0.3) is 0 Å². The molecular weight excluding hydrogens is 324 g/mol. The molecule has 2 aliphatic rings. The summed E-state index contributed by atoms with van der Waals surface area (Å²) in [5.41, 5.74) is 0.974. The summed E-state index contributed by atoms with van der Waals surface area (Å²) in [5, 5.41) is 10.3. The van der Waals surface area contributed by atoms with E-state index in [1.165, 1.54) is 0 Å². The van der Waals surface area contributed by atoms with Crippen molar-refractivity contribution >= 4 is 11.6 Å². The Morgan fingerprint density at radius 3 is 2.88 bits per heavy atom. The van der Waals surface area contributed by atoms with Gasteiger partial charge in [-0.2, -0.15) is 5.26 Å². The zero-order valence-electron chi connectivity index (χ0n) is 14.0.